The summed E-state index contributed by atoms with van der Waals surface area (Å²) in [6.07, 6.45) is 5.70. The summed E-state index contributed by atoms with van der Waals surface area (Å²) in [4.78, 5) is 16.0. The predicted molar refractivity (Wildman–Crippen MR) is 192 cm³/mol. The summed E-state index contributed by atoms with van der Waals surface area (Å²) in [5, 5.41) is 0. The van der Waals surface area contributed by atoms with Crippen LogP contribution in [0.15, 0.2) is 121 Å². The van der Waals surface area contributed by atoms with Gasteiger partial charge < -0.3 is 14.2 Å². The zero-order valence-corrected chi connectivity index (χ0v) is 26.8. The molecule has 0 aliphatic carbocycles. The summed E-state index contributed by atoms with van der Waals surface area (Å²) in [5.74, 6) is 0.889. The lowest BCUT2D eigenvalue weighted by Gasteiger charge is -2.25. The maximum Gasteiger partial charge on any atom is 0.160 e. The van der Waals surface area contributed by atoms with Crippen LogP contribution in [-0.2, 0) is 0 Å². The number of carbonyl (C=O) groups excluding carboxylic acids is 1. The van der Waals surface area contributed by atoms with Gasteiger partial charge in [-0.1, -0.05) is 74.7 Å². The molecule has 0 aliphatic heterocycles. The van der Waals surface area contributed by atoms with Crippen molar-refractivity contribution in [3.8, 4) is 21.9 Å². The summed E-state index contributed by atoms with van der Waals surface area (Å²) < 4.78 is 10.6. The van der Waals surface area contributed by atoms with Gasteiger partial charge in [0.15, 0.2) is 6.29 Å². The molecule has 0 bridgehead atoms. The normalized spacial score (nSPS) is 11.3. The number of anilines is 3. The van der Waals surface area contributed by atoms with Crippen molar-refractivity contribution in [1.82, 2.24) is 4.57 Å². The lowest BCUT2D eigenvalue weighted by atomic mass is 10.1. The molecule has 3 aromatic heterocycles. The number of benzene rings is 4. The Morgan fingerprint density at radius 2 is 1.31 bits per heavy atom. The highest BCUT2D eigenvalue weighted by Crippen LogP contribution is 2.45. The Bertz CT molecular complexity index is 1980. The van der Waals surface area contributed by atoms with Gasteiger partial charge in [-0.15, -0.1) is 22.7 Å². The van der Waals surface area contributed by atoms with Crippen molar-refractivity contribution in [2.24, 2.45) is 0 Å². The molecule has 7 rings (SSSR count). The average molecular weight is 627 g/mol. The maximum atomic E-state index is 11.8. The fourth-order valence-corrected chi connectivity index (χ4v) is 8.09. The van der Waals surface area contributed by atoms with Gasteiger partial charge >= 0.3 is 0 Å². The summed E-state index contributed by atoms with van der Waals surface area (Å²) in [6, 6.07) is 42.4. The van der Waals surface area contributed by atoms with Crippen LogP contribution in [0.25, 0.3) is 36.6 Å². The van der Waals surface area contributed by atoms with Crippen LogP contribution in [0.1, 0.15) is 42.3 Å². The molecule has 0 atom stereocenters. The Balaban J connectivity index is 1.22. The highest BCUT2D eigenvalue weighted by atomic mass is 32.1. The molecule has 0 amide bonds. The molecule has 4 aromatic carbocycles. The van der Waals surface area contributed by atoms with Crippen LogP contribution in [0.3, 0.4) is 0 Å². The zero-order valence-electron chi connectivity index (χ0n) is 25.2. The molecule has 3 heterocycles. The molecule has 45 heavy (non-hydrogen) atoms. The van der Waals surface area contributed by atoms with E-state index >= 15 is 0 Å². The van der Waals surface area contributed by atoms with Crippen molar-refractivity contribution < 1.29 is 9.53 Å². The minimum Gasteiger partial charge on any atom is -0.494 e. The smallest absolute Gasteiger partial charge is 0.160 e. The maximum absolute atomic E-state index is 11.8. The third kappa shape index (κ3) is 5.91. The number of thiophene rings is 2. The first kappa shape index (κ1) is 29.1. The number of aldehydes is 1. The second-order valence-electron chi connectivity index (χ2n) is 11.1. The van der Waals surface area contributed by atoms with Gasteiger partial charge in [-0.25, -0.2) is 0 Å². The summed E-state index contributed by atoms with van der Waals surface area (Å²) in [7, 11) is 0. The molecule has 0 aliphatic rings. The Kier molecular flexibility index (Phi) is 8.50. The standard InChI is InChI=1S/C39H34N2O2S2/c1-2-3-4-11-24-43-33-22-20-32(21-23-33)41-35-25-34(27-42)44-38(35)39-36(41)26-37(45-39)28-16-18-31(19-17-28)40(29-12-7-5-8-13-29)30-14-9-6-10-15-30/h5-10,12-23,25-27H,2-4,11,24H2,1H3. The van der Waals surface area contributed by atoms with E-state index in [2.05, 4.69) is 120 Å². The highest BCUT2D eigenvalue weighted by molar-refractivity contribution is 7.29. The molecular weight excluding hydrogens is 593 g/mol. The summed E-state index contributed by atoms with van der Waals surface area (Å²) in [6.45, 7) is 2.96. The molecule has 0 unspecified atom stereocenters. The molecule has 0 saturated carbocycles. The van der Waals surface area contributed by atoms with Crippen molar-refractivity contribution in [3.63, 3.8) is 0 Å². The Labute approximate surface area is 271 Å². The lowest BCUT2D eigenvalue weighted by Crippen LogP contribution is -2.09. The monoisotopic (exact) mass is 626 g/mol. The number of para-hydroxylation sites is 2. The van der Waals surface area contributed by atoms with Gasteiger partial charge in [-0.3, -0.25) is 4.79 Å². The first-order chi connectivity index (χ1) is 22.2. The minimum absolute atomic E-state index is 0.740. The van der Waals surface area contributed by atoms with E-state index in [9.17, 15) is 4.79 Å². The second kappa shape index (κ2) is 13.1. The molecule has 224 valence electrons. The molecule has 0 N–H and O–H groups in total. The van der Waals surface area contributed by atoms with E-state index in [1.165, 1.54) is 34.4 Å². The molecule has 7 aromatic rings. The molecule has 4 nitrogen and oxygen atoms in total. The number of unbranched alkanes of at least 4 members (excludes halogenated alkanes) is 3. The van der Waals surface area contributed by atoms with Crippen molar-refractivity contribution in [3.05, 3.63) is 126 Å². The summed E-state index contributed by atoms with van der Waals surface area (Å²) >= 11 is 3.35. The van der Waals surface area contributed by atoms with Gasteiger partial charge in [0.05, 0.1) is 31.9 Å². The van der Waals surface area contributed by atoms with E-state index in [-0.39, 0.29) is 0 Å². The van der Waals surface area contributed by atoms with Crippen LogP contribution in [0.5, 0.6) is 5.75 Å². The fraction of sp³-hybridized carbons (Fsp3) is 0.154. The number of aromatic nitrogens is 1. The third-order valence-corrected chi connectivity index (χ3v) is 10.4. The molecule has 0 fully saturated rings. The van der Waals surface area contributed by atoms with Crippen LogP contribution in [0.4, 0.5) is 17.1 Å². The SMILES string of the molecule is CCCCCCOc1ccc(-n2c3cc(C=O)sc3c3sc(-c4ccc(N(c5ccccc5)c5ccccc5)cc4)cc32)cc1. The van der Waals surface area contributed by atoms with E-state index in [0.717, 1.165) is 68.4 Å². The van der Waals surface area contributed by atoms with E-state index < -0.39 is 0 Å². The number of hydrogen-bond donors (Lipinski definition) is 0. The van der Waals surface area contributed by atoms with E-state index in [1.807, 2.05) is 18.2 Å². The van der Waals surface area contributed by atoms with Crippen molar-refractivity contribution in [2.75, 3.05) is 11.5 Å². The van der Waals surface area contributed by atoms with Gasteiger partial charge in [0.1, 0.15) is 5.75 Å². The number of hydrogen-bond acceptors (Lipinski definition) is 5. The predicted octanol–water partition coefficient (Wildman–Crippen LogP) is 11.8. The van der Waals surface area contributed by atoms with Crippen molar-refractivity contribution in [1.29, 1.82) is 0 Å². The van der Waals surface area contributed by atoms with Gasteiger partial charge in [-0.2, -0.15) is 0 Å². The minimum atomic E-state index is 0.740. The summed E-state index contributed by atoms with van der Waals surface area (Å²) in [5.41, 5.74) is 7.79. The van der Waals surface area contributed by atoms with Crippen LogP contribution in [-0.4, -0.2) is 17.5 Å². The van der Waals surface area contributed by atoms with E-state index in [4.69, 9.17) is 4.74 Å². The van der Waals surface area contributed by atoms with Gasteiger partial charge in [0.2, 0.25) is 0 Å². The van der Waals surface area contributed by atoms with Gasteiger partial charge in [0.25, 0.3) is 0 Å². The third-order valence-electron chi connectivity index (χ3n) is 8.05. The zero-order chi connectivity index (χ0) is 30.6. The number of ether oxygens (including phenoxy) is 1. The van der Waals surface area contributed by atoms with Crippen LogP contribution in [0, 0.1) is 0 Å². The highest BCUT2D eigenvalue weighted by Gasteiger charge is 2.20. The van der Waals surface area contributed by atoms with Crippen LogP contribution >= 0.6 is 22.7 Å². The number of nitrogens with zero attached hydrogens (tertiary/aromatic N) is 2. The number of fused-ring (bicyclic) bond motifs is 3. The molecule has 6 heteroatoms. The molecule has 0 radical (unpaired) electrons. The first-order valence-electron chi connectivity index (χ1n) is 15.5. The van der Waals surface area contributed by atoms with Gasteiger partial charge in [0, 0.05) is 27.6 Å². The van der Waals surface area contributed by atoms with Crippen LogP contribution in [0.2, 0.25) is 0 Å². The quantitative estimate of drug-likeness (QED) is 0.0999. The topological polar surface area (TPSA) is 34.5 Å². The molecule has 0 spiro atoms. The van der Waals surface area contributed by atoms with E-state index in [0.29, 0.717) is 0 Å². The Morgan fingerprint density at radius 1 is 0.689 bits per heavy atom. The molecule has 0 saturated heterocycles. The lowest BCUT2D eigenvalue weighted by molar-refractivity contribution is 0.112. The Morgan fingerprint density at radius 3 is 1.96 bits per heavy atom. The van der Waals surface area contributed by atoms with Crippen molar-refractivity contribution in [2.45, 2.75) is 32.6 Å². The van der Waals surface area contributed by atoms with Crippen molar-refractivity contribution >= 4 is 66.5 Å². The largest absolute Gasteiger partial charge is 0.494 e. The van der Waals surface area contributed by atoms with Crippen LogP contribution < -0.4 is 9.64 Å². The first-order valence-corrected chi connectivity index (χ1v) is 17.1. The number of rotatable bonds is 12. The Hall–Kier alpha value is -4.65. The number of carbonyl (C=O) groups is 1. The molecular formula is C39H34N2O2S2. The fourth-order valence-electron chi connectivity index (χ4n) is 5.83. The van der Waals surface area contributed by atoms with Gasteiger partial charge in [-0.05, 0) is 84.8 Å². The second-order valence-corrected chi connectivity index (χ2v) is 13.2. The van der Waals surface area contributed by atoms with E-state index in [1.54, 1.807) is 22.7 Å². The average Bonchev–Trinajstić information content (AvgIpc) is 3.78.